The number of carbonyl (C=O) groups excluding carboxylic acids is 1. The van der Waals surface area contributed by atoms with Crippen LogP contribution in [-0.4, -0.2) is 36.8 Å². The minimum Gasteiger partial charge on any atom is -0.383 e. The summed E-state index contributed by atoms with van der Waals surface area (Å²) in [4.78, 5) is 12.0. The first-order valence-corrected chi connectivity index (χ1v) is 7.30. The van der Waals surface area contributed by atoms with Gasteiger partial charge in [0.05, 0.1) is 6.61 Å². The summed E-state index contributed by atoms with van der Waals surface area (Å²) in [6.07, 6.45) is 4.04. The van der Waals surface area contributed by atoms with Crippen LogP contribution in [-0.2, 0) is 22.6 Å². The fourth-order valence-electron chi connectivity index (χ4n) is 2.14. The lowest BCUT2D eigenvalue weighted by molar-refractivity contribution is -0.122. The number of nitrogens with zero attached hydrogens (tertiary/aromatic N) is 1. The van der Waals surface area contributed by atoms with Gasteiger partial charge in [0.1, 0.15) is 6.54 Å². The molecule has 0 aliphatic rings. The summed E-state index contributed by atoms with van der Waals surface area (Å²) < 4.78 is 6.97. The Morgan fingerprint density at radius 3 is 3.00 bits per heavy atom. The first-order chi connectivity index (χ1) is 9.67. The van der Waals surface area contributed by atoms with Gasteiger partial charge in [-0.3, -0.25) is 4.79 Å². The average molecular weight is 281 g/mol. The van der Waals surface area contributed by atoms with Crippen LogP contribution in [0.2, 0.25) is 0 Å². The van der Waals surface area contributed by atoms with Crippen molar-refractivity contribution in [2.75, 3.05) is 20.3 Å². The molecule has 114 valence electrons. The Labute approximate surface area is 121 Å². The molecule has 1 aromatic rings. The predicted octanol–water partition coefficient (Wildman–Crippen LogP) is 1.53. The largest absolute Gasteiger partial charge is 0.383 e. The third kappa shape index (κ3) is 6.21. The molecule has 1 heterocycles. The maximum absolute atomic E-state index is 12.0. The van der Waals surface area contributed by atoms with Crippen LogP contribution in [0.1, 0.15) is 32.4 Å². The summed E-state index contributed by atoms with van der Waals surface area (Å²) in [7, 11) is 1.69. The first-order valence-electron chi connectivity index (χ1n) is 7.30. The third-order valence-electron chi connectivity index (χ3n) is 3.16. The molecule has 0 aliphatic heterocycles. The van der Waals surface area contributed by atoms with Crippen LogP contribution >= 0.6 is 0 Å². The second kappa shape index (κ2) is 9.55. The van der Waals surface area contributed by atoms with Crippen LogP contribution in [0.25, 0.3) is 0 Å². The molecular weight excluding hydrogens is 254 g/mol. The molecule has 1 unspecified atom stereocenters. The van der Waals surface area contributed by atoms with Gasteiger partial charge in [-0.25, -0.2) is 0 Å². The van der Waals surface area contributed by atoms with Gasteiger partial charge in [-0.2, -0.15) is 0 Å². The fraction of sp³-hybridized carbons (Fsp3) is 0.667. The van der Waals surface area contributed by atoms with Gasteiger partial charge in [0, 0.05) is 38.1 Å². The topological polar surface area (TPSA) is 55.3 Å². The maximum Gasteiger partial charge on any atom is 0.240 e. The normalized spacial score (nSPS) is 12.3. The highest BCUT2D eigenvalue weighted by atomic mass is 16.5. The minimum absolute atomic E-state index is 0.0697. The number of ether oxygens (including phenoxy) is 1. The molecule has 1 atom stereocenters. The quantitative estimate of drug-likeness (QED) is 0.640. The van der Waals surface area contributed by atoms with E-state index in [0.717, 1.165) is 31.6 Å². The zero-order valence-corrected chi connectivity index (χ0v) is 12.8. The molecule has 0 radical (unpaired) electrons. The van der Waals surface area contributed by atoms with Crippen molar-refractivity contribution in [1.29, 1.82) is 0 Å². The number of hydrogen-bond acceptors (Lipinski definition) is 3. The number of nitrogens with one attached hydrogen (secondary N) is 2. The van der Waals surface area contributed by atoms with Crippen molar-refractivity contribution in [2.45, 2.75) is 45.8 Å². The molecule has 0 saturated heterocycles. The standard InChI is InChI=1S/C15H27N3O2/c1-4-6-13(2)17-15(19)12-18-9-5-7-14(18)11-16-8-10-20-3/h5,7,9,13,16H,4,6,8,10-12H2,1-3H3,(H,17,19). The second-order valence-corrected chi connectivity index (χ2v) is 5.05. The van der Waals surface area contributed by atoms with E-state index in [4.69, 9.17) is 4.74 Å². The monoisotopic (exact) mass is 281 g/mol. The van der Waals surface area contributed by atoms with Crippen LogP contribution in [0.15, 0.2) is 18.3 Å². The number of methoxy groups -OCH3 is 1. The van der Waals surface area contributed by atoms with E-state index in [9.17, 15) is 4.79 Å². The lowest BCUT2D eigenvalue weighted by Crippen LogP contribution is -2.35. The molecular formula is C15H27N3O2. The van der Waals surface area contributed by atoms with E-state index < -0.39 is 0 Å². The lowest BCUT2D eigenvalue weighted by atomic mass is 10.2. The molecule has 2 N–H and O–H groups in total. The van der Waals surface area contributed by atoms with E-state index in [-0.39, 0.29) is 11.9 Å². The summed E-state index contributed by atoms with van der Waals surface area (Å²) in [5, 5.41) is 6.31. The van der Waals surface area contributed by atoms with Crippen molar-refractivity contribution in [1.82, 2.24) is 15.2 Å². The van der Waals surface area contributed by atoms with Crippen molar-refractivity contribution >= 4 is 5.91 Å². The molecule has 0 aromatic carbocycles. The molecule has 0 spiro atoms. The van der Waals surface area contributed by atoms with Gasteiger partial charge < -0.3 is 19.9 Å². The van der Waals surface area contributed by atoms with Gasteiger partial charge >= 0.3 is 0 Å². The molecule has 0 bridgehead atoms. The van der Waals surface area contributed by atoms with Crippen LogP contribution in [0.5, 0.6) is 0 Å². The van der Waals surface area contributed by atoms with E-state index in [2.05, 4.69) is 17.6 Å². The highest BCUT2D eigenvalue weighted by molar-refractivity contribution is 5.76. The number of amides is 1. The second-order valence-electron chi connectivity index (χ2n) is 5.05. The number of carbonyl (C=O) groups is 1. The summed E-state index contributed by atoms with van der Waals surface area (Å²) in [6, 6.07) is 4.24. The number of rotatable bonds is 10. The smallest absolute Gasteiger partial charge is 0.240 e. The van der Waals surface area contributed by atoms with Gasteiger partial charge in [0.25, 0.3) is 0 Å². The summed E-state index contributed by atoms with van der Waals surface area (Å²) in [6.45, 7) is 6.79. The third-order valence-corrected chi connectivity index (χ3v) is 3.16. The van der Waals surface area contributed by atoms with Crippen molar-refractivity contribution in [2.24, 2.45) is 0 Å². The van der Waals surface area contributed by atoms with Crippen LogP contribution in [0.4, 0.5) is 0 Å². The lowest BCUT2D eigenvalue weighted by Gasteiger charge is -2.14. The van der Waals surface area contributed by atoms with Crippen molar-refractivity contribution in [3.63, 3.8) is 0 Å². The molecule has 0 saturated carbocycles. The molecule has 20 heavy (non-hydrogen) atoms. The minimum atomic E-state index is 0.0697. The molecule has 5 heteroatoms. The number of hydrogen-bond donors (Lipinski definition) is 2. The van der Waals surface area contributed by atoms with Gasteiger partial charge in [-0.15, -0.1) is 0 Å². The maximum atomic E-state index is 12.0. The van der Waals surface area contributed by atoms with Gasteiger partial charge in [-0.05, 0) is 25.5 Å². The Morgan fingerprint density at radius 1 is 1.50 bits per heavy atom. The Hall–Kier alpha value is -1.33. The Balaban J connectivity index is 2.39. The van der Waals surface area contributed by atoms with E-state index in [1.54, 1.807) is 7.11 Å². The first kappa shape index (κ1) is 16.7. The Bertz CT molecular complexity index is 390. The number of aromatic nitrogens is 1. The van der Waals surface area contributed by atoms with Crippen molar-refractivity contribution in [3.05, 3.63) is 24.0 Å². The summed E-state index contributed by atoms with van der Waals surface area (Å²) in [5.41, 5.74) is 1.11. The van der Waals surface area contributed by atoms with Crippen LogP contribution in [0.3, 0.4) is 0 Å². The van der Waals surface area contributed by atoms with E-state index in [1.165, 1.54) is 0 Å². The Morgan fingerprint density at radius 2 is 2.30 bits per heavy atom. The summed E-state index contributed by atoms with van der Waals surface area (Å²) in [5.74, 6) is 0.0697. The molecule has 0 aliphatic carbocycles. The van der Waals surface area contributed by atoms with E-state index in [0.29, 0.717) is 13.2 Å². The fourth-order valence-corrected chi connectivity index (χ4v) is 2.14. The molecule has 0 fully saturated rings. The van der Waals surface area contributed by atoms with Crippen LogP contribution in [0, 0.1) is 0 Å². The predicted molar refractivity (Wildman–Crippen MR) is 80.5 cm³/mol. The van der Waals surface area contributed by atoms with E-state index in [1.807, 2.05) is 29.8 Å². The van der Waals surface area contributed by atoms with Crippen molar-refractivity contribution in [3.8, 4) is 0 Å². The summed E-state index contributed by atoms with van der Waals surface area (Å²) >= 11 is 0. The molecule has 5 nitrogen and oxygen atoms in total. The van der Waals surface area contributed by atoms with Gasteiger partial charge in [0.15, 0.2) is 0 Å². The highest BCUT2D eigenvalue weighted by Gasteiger charge is 2.09. The zero-order chi connectivity index (χ0) is 14.8. The van der Waals surface area contributed by atoms with Gasteiger partial charge in [-0.1, -0.05) is 13.3 Å². The average Bonchev–Trinajstić information content (AvgIpc) is 2.82. The van der Waals surface area contributed by atoms with Gasteiger partial charge in [0.2, 0.25) is 5.91 Å². The molecule has 1 amide bonds. The SMILES string of the molecule is CCCC(C)NC(=O)Cn1cccc1CNCCOC. The van der Waals surface area contributed by atoms with E-state index >= 15 is 0 Å². The highest BCUT2D eigenvalue weighted by Crippen LogP contribution is 2.02. The van der Waals surface area contributed by atoms with Crippen LogP contribution < -0.4 is 10.6 Å². The zero-order valence-electron chi connectivity index (χ0n) is 12.8. The molecule has 1 rings (SSSR count). The molecule has 1 aromatic heterocycles. The van der Waals surface area contributed by atoms with Crippen molar-refractivity contribution < 1.29 is 9.53 Å². The Kier molecular flexibility index (Phi) is 7.99.